The molecule has 5 nitrogen and oxygen atoms in total. The van der Waals surface area contributed by atoms with Crippen LogP contribution in [-0.2, 0) is 14.3 Å². The van der Waals surface area contributed by atoms with Gasteiger partial charge in [0.1, 0.15) is 5.54 Å². The maximum absolute atomic E-state index is 12.3. The van der Waals surface area contributed by atoms with Gasteiger partial charge in [0.05, 0.1) is 12.7 Å². The molecule has 0 aromatic rings. The van der Waals surface area contributed by atoms with Gasteiger partial charge in [-0.1, -0.05) is 6.92 Å². The lowest BCUT2D eigenvalue weighted by Crippen LogP contribution is -2.55. The number of carbonyl (C=O) groups is 1. The smallest absolute Gasteiger partial charge is 0.326 e. The molecule has 0 radical (unpaired) electrons. The molecular formula is C16H32N2O3. The third kappa shape index (κ3) is 5.24. The fraction of sp³-hybridized carbons (Fsp3) is 0.938. The van der Waals surface area contributed by atoms with Crippen molar-refractivity contribution < 1.29 is 14.3 Å². The number of likely N-dealkylation sites (N-methyl/N-ethyl adjacent to an activating group) is 1. The molecule has 5 heteroatoms. The monoisotopic (exact) mass is 300 g/mol. The standard InChI is InChI=1S/C16H32N2O3/c1-6-17-16(4,15(19)21-7-2)11-13(3)18-10-8-9-14(12-18)20-5/h13-14,17H,6-12H2,1-5H3. The van der Waals surface area contributed by atoms with Gasteiger partial charge in [0.25, 0.3) is 0 Å². The molecule has 1 aliphatic rings. The number of nitrogens with zero attached hydrogens (tertiary/aromatic N) is 1. The van der Waals surface area contributed by atoms with Gasteiger partial charge >= 0.3 is 5.97 Å². The summed E-state index contributed by atoms with van der Waals surface area (Å²) in [6.07, 6.45) is 3.34. The lowest BCUT2D eigenvalue weighted by molar-refractivity contribution is -0.151. The Bertz CT molecular complexity index is 325. The van der Waals surface area contributed by atoms with Crippen LogP contribution in [0.25, 0.3) is 0 Å². The highest BCUT2D eigenvalue weighted by molar-refractivity contribution is 5.80. The molecular weight excluding hydrogens is 268 g/mol. The number of hydrogen-bond acceptors (Lipinski definition) is 5. The van der Waals surface area contributed by atoms with Crippen molar-refractivity contribution in [2.45, 2.75) is 64.6 Å². The Morgan fingerprint density at radius 3 is 2.76 bits per heavy atom. The molecule has 1 N–H and O–H groups in total. The maximum atomic E-state index is 12.3. The third-order valence-electron chi connectivity index (χ3n) is 4.36. The van der Waals surface area contributed by atoms with Crippen LogP contribution in [0.15, 0.2) is 0 Å². The topological polar surface area (TPSA) is 50.8 Å². The Labute approximate surface area is 129 Å². The van der Waals surface area contributed by atoms with Crippen molar-refractivity contribution in [3.8, 4) is 0 Å². The summed E-state index contributed by atoms with van der Waals surface area (Å²) in [4.78, 5) is 14.7. The number of likely N-dealkylation sites (tertiary alicyclic amines) is 1. The summed E-state index contributed by atoms with van der Waals surface area (Å²) in [5.41, 5.74) is -0.621. The molecule has 0 aliphatic carbocycles. The van der Waals surface area contributed by atoms with Crippen LogP contribution in [-0.4, -0.2) is 61.9 Å². The van der Waals surface area contributed by atoms with Gasteiger partial charge < -0.3 is 14.8 Å². The zero-order valence-corrected chi connectivity index (χ0v) is 14.3. The molecule has 1 fully saturated rings. The summed E-state index contributed by atoms with van der Waals surface area (Å²) in [6, 6.07) is 0.316. The van der Waals surface area contributed by atoms with Gasteiger partial charge in [0, 0.05) is 19.7 Å². The van der Waals surface area contributed by atoms with E-state index in [0.29, 0.717) is 18.8 Å². The van der Waals surface area contributed by atoms with E-state index in [4.69, 9.17) is 9.47 Å². The van der Waals surface area contributed by atoms with E-state index in [0.717, 1.165) is 38.9 Å². The van der Waals surface area contributed by atoms with E-state index in [-0.39, 0.29) is 5.97 Å². The normalized spacial score (nSPS) is 24.3. The Kier molecular flexibility index (Phi) is 7.63. The molecule has 1 rings (SSSR count). The number of esters is 1. The highest BCUT2D eigenvalue weighted by Gasteiger charge is 2.37. The Hall–Kier alpha value is -0.650. The van der Waals surface area contributed by atoms with Gasteiger partial charge in [0.15, 0.2) is 0 Å². The molecule has 1 aliphatic heterocycles. The van der Waals surface area contributed by atoms with Crippen molar-refractivity contribution in [3.05, 3.63) is 0 Å². The highest BCUT2D eigenvalue weighted by Crippen LogP contribution is 2.22. The Balaban J connectivity index is 2.66. The minimum absolute atomic E-state index is 0.154. The Morgan fingerprint density at radius 2 is 2.19 bits per heavy atom. The summed E-state index contributed by atoms with van der Waals surface area (Å²) in [6.45, 7) is 11.2. The van der Waals surface area contributed by atoms with Gasteiger partial charge in [-0.2, -0.15) is 0 Å². The molecule has 124 valence electrons. The number of piperidine rings is 1. The maximum Gasteiger partial charge on any atom is 0.326 e. The number of nitrogens with one attached hydrogen (secondary N) is 1. The zero-order valence-electron chi connectivity index (χ0n) is 14.3. The van der Waals surface area contributed by atoms with Gasteiger partial charge in [-0.3, -0.25) is 9.69 Å². The largest absolute Gasteiger partial charge is 0.465 e. The van der Waals surface area contributed by atoms with Gasteiger partial charge in [-0.15, -0.1) is 0 Å². The summed E-state index contributed by atoms with van der Waals surface area (Å²) >= 11 is 0. The first-order chi connectivity index (χ1) is 9.96. The zero-order chi connectivity index (χ0) is 15.9. The quantitative estimate of drug-likeness (QED) is 0.693. The van der Waals surface area contributed by atoms with E-state index >= 15 is 0 Å². The van der Waals surface area contributed by atoms with E-state index in [2.05, 4.69) is 17.1 Å². The molecule has 0 aromatic carbocycles. The van der Waals surface area contributed by atoms with Crippen molar-refractivity contribution in [3.63, 3.8) is 0 Å². The van der Waals surface area contributed by atoms with Crippen molar-refractivity contribution in [2.75, 3.05) is 33.4 Å². The number of ether oxygens (including phenoxy) is 2. The van der Waals surface area contributed by atoms with Gasteiger partial charge in [-0.05, 0) is 53.1 Å². The molecule has 3 unspecified atom stereocenters. The minimum Gasteiger partial charge on any atom is -0.465 e. The van der Waals surface area contributed by atoms with E-state index < -0.39 is 5.54 Å². The van der Waals surface area contributed by atoms with Crippen LogP contribution in [0.5, 0.6) is 0 Å². The SMILES string of the molecule is CCNC(C)(CC(C)N1CCCC(OC)C1)C(=O)OCC. The van der Waals surface area contributed by atoms with E-state index in [1.54, 1.807) is 7.11 Å². The summed E-state index contributed by atoms with van der Waals surface area (Å²) in [5.74, 6) is -0.154. The fourth-order valence-corrected chi connectivity index (χ4v) is 3.19. The van der Waals surface area contributed by atoms with Crippen LogP contribution < -0.4 is 5.32 Å². The van der Waals surface area contributed by atoms with Crippen LogP contribution in [0.4, 0.5) is 0 Å². The van der Waals surface area contributed by atoms with E-state index in [1.807, 2.05) is 20.8 Å². The average molecular weight is 300 g/mol. The van der Waals surface area contributed by atoms with Crippen LogP contribution in [0.3, 0.4) is 0 Å². The second-order valence-corrected chi connectivity index (χ2v) is 6.13. The summed E-state index contributed by atoms with van der Waals surface area (Å²) < 4.78 is 10.7. The molecule has 1 heterocycles. The predicted molar refractivity (Wildman–Crippen MR) is 84.4 cm³/mol. The second kappa shape index (κ2) is 8.71. The summed E-state index contributed by atoms with van der Waals surface area (Å²) in [7, 11) is 1.78. The fourth-order valence-electron chi connectivity index (χ4n) is 3.19. The van der Waals surface area contributed by atoms with Crippen molar-refractivity contribution in [2.24, 2.45) is 0 Å². The minimum atomic E-state index is -0.621. The number of hydrogen-bond donors (Lipinski definition) is 1. The van der Waals surface area contributed by atoms with Crippen LogP contribution in [0.1, 0.15) is 47.0 Å². The molecule has 21 heavy (non-hydrogen) atoms. The number of rotatable bonds is 8. The number of methoxy groups -OCH3 is 1. The third-order valence-corrected chi connectivity index (χ3v) is 4.36. The summed E-state index contributed by atoms with van der Waals surface area (Å²) in [5, 5.41) is 3.31. The first kappa shape index (κ1) is 18.4. The molecule has 3 atom stereocenters. The second-order valence-electron chi connectivity index (χ2n) is 6.13. The van der Waals surface area contributed by atoms with Crippen molar-refractivity contribution in [1.82, 2.24) is 10.2 Å². The first-order valence-corrected chi connectivity index (χ1v) is 8.15. The van der Waals surface area contributed by atoms with Crippen LogP contribution in [0, 0.1) is 0 Å². The highest BCUT2D eigenvalue weighted by atomic mass is 16.5. The van der Waals surface area contributed by atoms with Crippen LogP contribution in [0.2, 0.25) is 0 Å². The predicted octanol–water partition coefficient (Wildman–Crippen LogP) is 1.81. The average Bonchev–Trinajstić information content (AvgIpc) is 2.47. The van der Waals surface area contributed by atoms with Gasteiger partial charge in [0.2, 0.25) is 0 Å². The Morgan fingerprint density at radius 1 is 1.48 bits per heavy atom. The van der Waals surface area contributed by atoms with E-state index in [9.17, 15) is 4.79 Å². The number of carbonyl (C=O) groups excluding carboxylic acids is 1. The molecule has 0 aromatic heterocycles. The molecule has 0 bridgehead atoms. The lowest BCUT2D eigenvalue weighted by atomic mass is 9.91. The molecule has 1 saturated heterocycles. The van der Waals surface area contributed by atoms with Crippen molar-refractivity contribution >= 4 is 5.97 Å². The molecule has 0 saturated carbocycles. The molecule has 0 spiro atoms. The van der Waals surface area contributed by atoms with Gasteiger partial charge in [-0.25, -0.2) is 0 Å². The van der Waals surface area contributed by atoms with Crippen molar-refractivity contribution in [1.29, 1.82) is 0 Å². The van der Waals surface area contributed by atoms with E-state index in [1.165, 1.54) is 0 Å². The molecule has 0 amide bonds. The lowest BCUT2D eigenvalue weighted by Gasteiger charge is -2.39. The van der Waals surface area contributed by atoms with Crippen LogP contribution >= 0.6 is 0 Å². The first-order valence-electron chi connectivity index (χ1n) is 8.15.